The Bertz CT molecular complexity index is 413. The summed E-state index contributed by atoms with van der Waals surface area (Å²) in [5, 5.41) is 9.71. The summed E-state index contributed by atoms with van der Waals surface area (Å²) in [5.74, 6) is 1.56. The number of benzene rings is 1. The van der Waals surface area contributed by atoms with Gasteiger partial charge in [-0.2, -0.15) is 0 Å². The first-order chi connectivity index (χ1) is 9.11. The fourth-order valence-electron chi connectivity index (χ4n) is 4.02. The van der Waals surface area contributed by atoms with E-state index in [2.05, 4.69) is 43.1 Å². The standard InChI is InChI=1S/C17H25NO/c1-12-3-5-13(6-4-12)11-18(2)16-7-14-9-17(19)10-15(14)8-16/h3-6,14-17,19H,7-11H2,1-2H3/t14-,15+,16?,17?. The average Bonchev–Trinajstić information content (AvgIpc) is 2.89. The lowest BCUT2D eigenvalue weighted by atomic mass is 10.0. The molecule has 0 aliphatic heterocycles. The summed E-state index contributed by atoms with van der Waals surface area (Å²) in [7, 11) is 2.25. The maximum atomic E-state index is 9.71. The molecule has 1 N–H and O–H groups in total. The molecule has 3 rings (SSSR count). The first-order valence-electron chi connectivity index (χ1n) is 7.55. The average molecular weight is 259 g/mol. The van der Waals surface area contributed by atoms with Crippen LogP contribution in [0.25, 0.3) is 0 Å². The van der Waals surface area contributed by atoms with Crippen LogP contribution in [0.5, 0.6) is 0 Å². The van der Waals surface area contributed by atoms with Crippen molar-refractivity contribution in [3.63, 3.8) is 0 Å². The lowest BCUT2D eigenvalue weighted by molar-refractivity contribution is 0.158. The van der Waals surface area contributed by atoms with Gasteiger partial charge < -0.3 is 5.11 Å². The zero-order chi connectivity index (χ0) is 13.4. The predicted molar refractivity (Wildman–Crippen MR) is 77.9 cm³/mol. The minimum absolute atomic E-state index is 0.0154. The molecule has 0 amide bonds. The van der Waals surface area contributed by atoms with Crippen LogP contribution in [0.15, 0.2) is 24.3 Å². The van der Waals surface area contributed by atoms with Crippen molar-refractivity contribution < 1.29 is 5.11 Å². The van der Waals surface area contributed by atoms with Crippen LogP contribution < -0.4 is 0 Å². The third kappa shape index (κ3) is 2.85. The molecule has 104 valence electrons. The Morgan fingerprint density at radius 2 is 1.63 bits per heavy atom. The van der Waals surface area contributed by atoms with Crippen LogP contribution >= 0.6 is 0 Å². The van der Waals surface area contributed by atoms with E-state index in [-0.39, 0.29) is 6.10 Å². The van der Waals surface area contributed by atoms with Gasteiger partial charge in [-0.3, -0.25) is 4.90 Å². The normalized spacial score (nSPS) is 33.9. The Hall–Kier alpha value is -0.860. The molecule has 19 heavy (non-hydrogen) atoms. The summed E-state index contributed by atoms with van der Waals surface area (Å²) in [6, 6.07) is 9.59. The summed E-state index contributed by atoms with van der Waals surface area (Å²) >= 11 is 0. The Kier molecular flexibility index (Phi) is 3.64. The van der Waals surface area contributed by atoms with Gasteiger partial charge >= 0.3 is 0 Å². The van der Waals surface area contributed by atoms with Gasteiger partial charge in [0.15, 0.2) is 0 Å². The quantitative estimate of drug-likeness (QED) is 0.902. The van der Waals surface area contributed by atoms with Gasteiger partial charge in [-0.05, 0) is 57.1 Å². The van der Waals surface area contributed by atoms with Crippen LogP contribution in [0.3, 0.4) is 0 Å². The first-order valence-corrected chi connectivity index (χ1v) is 7.55. The van der Waals surface area contributed by atoms with Crippen molar-refractivity contribution in [2.45, 2.75) is 51.3 Å². The summed E-state index contributed by atoms with van der Waals surface area (Å²) in [5.41, 5.74) is 2.74. The zero-order valence-corrected chi connectivity index (χ0v) is 12.0. The molecule has 2 aliphatic carbocycles. The van der Waals surface area contributed by atoms with Gasteiger partial charge in [0.1, 0.15) is 0 Å². The molecule has 2 saturated carbocycles. The lowest BCUT2D eigenvalue weighted by Crippen LogP contribution is -2.29. The number of hydrogen-bond acceptors (Lipinski definition) is 2. The highest BCUT2D eigenvalue weighted by Crippen LogP contribution is 2.45. The summed E-state index contributed by atoms with van der Waals surface area (Å²) in [6.07, 6.45) is 4.63. The second kappa shape index (κ2) is 5.26. The van der Waals surface area contributed by atoms with Crippen molar-refractivity contribution in [2.24, 2.45) is 11.8 Å². The molecule has 2 unspecified atom stereocenters. The first kappa shape index (κ1) is 13.1. The maximum Gasteiger partial charge on any atom is 0.0545 e. The second-order valence-electron chi connectivity index (χ2n) is 6.67. The molecule has 1 aromatic rings. The van der Waals surface area contributed by atoms with Gasteiger partial charge in [-0.1, -0.05) is 29.8 Å². The van der Waals surface area contributed by atoms with Crippen LogP contribution in [-0.2, 0) is 6.54 Å². The fraction of sp³-hybridized carbons (Fsp3) is 0.647. The van der Waals surface area contributed by atoms with Crippen molar-refractivity contribution >= 4 is 0 Å². The van der Waals surface area contributed by atoms with E-state index in [1.54, 1.807) is 0 Å². The smallest absolute Gasteiger partial charge is 0.0545 e. The van der Waals surface area contributed by atoms with E-state index in [1.807, 2.05) is 0 Å². The van der Waals surface area contributed by atoms with Crippen molar-refractivity contribution in [3.05, 3.63) is 35.4 Å². The highest BCUT2D eigenvalue weighted by Gasteiger charge is 2.42. The highest BCUT2D eigenvalue weighted by molar-refractivity contribution is 5.21. The van der Waals surface area contributed by atoms with E-state index in [1.165, 1.54) is 24.0 Å². The summed E-state index contributed by atoms with van der Waals surface area (Å²) in [4.78, 5) is 2.51. The third-order valence-electron chi connectivity index (χ3n) is 5.14. The monoisotopic (exact) mass is 259 g/mol. The Morgan fingerprint density at radius 1 is 1.05 bits per heavy atom. The molecule has 2 fully saturated rings. The largest absolute Gasteiger partial charge is 0.393 e. The van der Waals surface area contributed by atoms with Crippen LogP contribution in [0.2, 0.25) is 0 Å². The number of hydrogen-bond donors (Lipinski definition) is 1. The van der Waals surface area contributed by atoms with Crippen LogP contribution in [0.1, 0.15) is 36.8 Å². The van der Waals surface area contributed by atoms with E-state index in [4.69, 9.17) is 0 Å². The SMILES string of the molecule is Cc1ccc(CN(C)C2C[C@H]3CC(O)C[C@H]3C2)cc1. The molecule has 0 saturated heterocycles. The van der Waals surface area contributed by atoms with Crippen molar-refractivity contribution in [1.29, 1.82) is 0 Å². The number of fused-ring (bicyclic) bond motifs is 1. The van der Waals surface area contributed by atoms with E-state index >= 15 is 0 Å². The van der Waals surface area contributed by atoms with Crippen molar-refractivity contribution in [3.8, 4) is 0 Å². The Balaban J connectivity index is 1.57. The molecular weight excluding hydrogens is 234 g/mol. The zero-order valence-electron chi connectivity index (χ0n) is 12.0. The molecule has 0 aromatic heterocycles. The second-order valence-corrected chi connectivity index (χ2v) is 6.67. The molecule has 4 atom stereocenters. The van der Waals surface area contributed by atoms with E-state index in [0.717, 1.165) is 31.2 Å². The number of aliphatic hydroxyl groups is 1. The molecule has 2 heteroatoms. The third-order valence-corrected chi connectivity index (χ3v) is 5.14. The number of aryl methyl sites for hydroxylation is 1. The van der Waals surface area contributed by atoms with Crippen LogP contribution in [0.4, 0.5) is 0 Å². The summed E-state index contributed by atoms with van der Waals surface area (Å²) in [6.45, 7) is 3.18. The van der Waals surface area contributed by atoms with E-state index in [0.29, 0.717) is 6.04 Å². The van der Waals surface area contributed by atoms with Gasteiger partial charge in [-0.15, -0.1) is 0 Å². The summed E-state index contributed by atoms with van der Waals surface area (Å²) < 4.78 is 0. The van der Waals surface area contributed by atoms with Gasteiger partial charge in [0.05, 0.1) is 6.10 Å². The number of aliphatic hydroxyl groups excluding tert-OH is 1. The Labute approximate surface area is 116 Å². The van der Waals surface area contributed by atoms with E-state index < -0.39 is 0 Å². The predicted octanol–water partition coefficient (Wildman–Crippen LogP) is 2.98. The van der Waals surface area contributed by atoms with Crippen LogP contribution in [-0.4, -0.2) is 29.2 Å². The van der Waals surface area contributed by atoms with Crippen molar-refractivity contribution in [1.82, 2.24) is 4.90 Å². The lowest BCUT2D eigenvalue weighted by Gasteiger charge is -2.25. The molecule has 1 aromatic carbocycles. The molecule has 0 radical (unpaired) electrons. The molecule has 0 heterocycles. The van der Waals surface area contributed by atoms with E-state index in [9.17, 15) is 5.11 Å². The molecule has 0 spiro atoms. The minimum atomic E-state index is -0.0154. The molecule has 2 nitrogen and oxygen atoms in total. The van der Waals surface area contributed by atoms with Gasteiger partial charge in [0.25, 0.3) is 0 Å². The molecular formula is C17H25NO. The minimum Gasteiger partial charge on any atom is -0.393 e. The Morgan fingerprint density at radius 3 is 2.21 bits per heavy atom. The van der Waals surface area contributed by atoms with Gasteiger partial charge in [-0.25, -0.2) is 0 Å². The fourth-order valence-corrected chi connectivity index (χ4v) is 4.02. The van der Waals surface area contributed by atoms with Crippen molar-refractivity contribution in [2.75, 3.05) is 7.05 Å². The number of rotatable bonds is 3. The molecule has 2 aliphatic rings. The molecule has 0 bridgehead atoms. The maximum absolute atomic E-state index is 9.71. The number of nitrogens with zero attached hydrogens (tertiary/aromatic N) is 1. The van der Waals surface area contributed by atoms with Crippen LogP contribution in [0, 0.1) is 18.8 Å². The van der Waals surface area contributed by atoms with Gasteiger partial charge in [0.2, 0.25) is 0 Å². The highest BCUT2D eigenvalue weighted by atomic mass is 16.3. The van der Waals surface area contributed by atoms with Gasteiger partial charge in [0, 0.05) is 12.6 Å². The topological polar surface area (TPSA) is 23.5 Å².